The van der Waals surface area contributed by atoms with Gasteiger partial charge in [0, 0.05) is 4.88 Å². The van der Waals surface area contributed by atoms with Crippen LogP contribution >= 0.6 is 11.3 Å². The van der Waals surface area contributed by atoms with Crippen molar-refractivity contribution in [2.24, 2.45) is 0 Å². The molecular formula is C19H21NO5S2. The number of ether oxygens (including phenoxy) is 1. The lowest BCUT2D eigenvalue weighted by atomic mass is 9.95. The lowest BCUT2D eigenvalue weighted by Gasteiger charge is -2.12. The Hall–Kier alpha value is -2.19. The number of hydrogen-bond donors (Lipinski definition) is 1. The third-order valence-corrected chi connectivity index (χ3v) is 7.17. The van der Waals surface area contributed by atoms with Gasteiger partial charge in [0.25, 0.3) is 0 Å². The van der Waals surface area contributed by atoms with E-state index in [1.54, 1.807) is 25.1 Å². The number of sulfone groups is 1. The Labute approximate surface area is 162 Å². The molecule has 27 heavy (non-hydrogen) atoms. The van der Waals surface area contributed by atoms with E-state index >= 15 is 0 Å². The molecule has 3 rings (SSSR count). The molecular weight excluding hydrogens is 386 g/mol. The molecule has 144 valence electrons. The van der Waals surface area contributed by atoms with Crippen LogP contribution in [0.4, 0.5) is 5.00 Å². The second-order valence-corrected chi connectivity index (χ2v) is 9.35. The second-order valence-electron chi connectivity index (χ2n) is 6.26. The fraction of sp³-hybridized carbons (Fsp3) is 0.368. The monoisotopic (exact) mass is 407 g/mol. The van der Waals surface area contributed by atoms with Crippen molar-refractivity contribution in [1.82, 2.24) is 0 Å². The van der Waals surface area contributed by atoms with E-state index in [9.17, 15) is 18.0 Å². The zero-order valence-corrected chi connectivity index (χ0v) is 16.6. The summed E-state index contributed by atoms with van der Waals surface area (Å²) in [4.78, 5) is 26.0. The lowest BCUT2D eigenvalue weighted by Crippen LogP contribution is -2.23. The van der Waals surface area contributed by atoms with Crippen LogP contribution in [-0.2, 0) is 32.2 Å². The smallest absolute Gasteiger partial charge is 0.341 e. The van der Waals surface area contributed by atoms with Gasteiger partial charge in [-0.25, -0.2) is 13.2 Å². The van der Waals surface area contributed by atoms with Crippen LogP contribution in [-0.4, -0.2) is 32.7 Å². The molecule has 0 saturated carbocycles. The number of thiophene rings is 1. The van der Waals surface area contributed by atoms with Gasteiger partial charge in [-0.1, -0.05) is 18.2 Å². The highest BCUT2D eigenvalue weighted by Crippen LogP contribution is 2.38. The second kappa shape index (κ2) is 8.22. The zero-order valence-electron chi connectivity index (χ0n) is 15.0. The number of aryl methyl sites for hydroxylation is 1. The van der Waals surface area contributed by atoms with Crippen molar-refractivity contribution in [3.63, 3.8) is 0 Å². The Morgan fingerprint density at radius 2 is 1.85 bits per heavy atom. The summed E-state index contributed by atoms with van der Waals surface area (Å²) in [6.07, 6.45) is 3.63. The van der Waals surface area contributed by atoms with Crippen molar-refractivity contribution in [1.29, 1.82) is 0 Å². The Bertz CT molecular complexity index is 948. The molecule has 1 heterocycles. The van der Waals surface area contributed by atoms with Crippen LogP contribution in [0.15, 0.2) is 35.2 Å². The minimum absolute atomic E-state index is 0.0937. The summed E-state index contributed by atoms with van der Waals surface area (Å²) < 4.78 is 29.9. The van der Waals surface area contributed by atoms with Crippen molar-refractivity contribution in [2.75, 3.05) is 17.7 Å². The van der Waals surface area contributed by atoms with Crippen molar-refractivity contribution in [2.45, 2.75) is 37.5 Å². The van der Waals surface area contributed by atoms with Gasteiger partial charge in [0.05, 0.1) is 17.1 Å². The average molecular weight is 408 g/mol. The van der Waals surface area contributed by atoms with E-state index in [2.05, 4.69) is 5.32 Å². The number of nitrogens with one attached hydrogen (secondary N) is 1. The average Bonchev–Trinajstić information content (AvgIpc) is 2.99. The van der Waals surface area contributed by atoms with E-state index in [-0.39, 0.29) is 11.5 Å². The summed E-state index contributed by atoms with van der Waals surface area (Å²) in [6, 6.07) is 7.84. The highest BCUT2D eigenvalue weighted by atomic mass is 32.2. The summed E-state index contributed by atoms with van der Waals surface area (Å²) in [5.74, 6) is -1.82. The lowest BCUT2D eigenvalue weighted by molar-refractivity contribution is -0.113. The van der Waals surface area contributed by atoms with Crippen LogP contribution in [0.25, 0.3) is 0 Å². The molecule has 0 saturated heterocycles. The molecule has 0 atom stereocenters. The minimum Gasteiger partial charge on any atom is -0.462 e. The number of esters is 1. The third-order valence-electron chi connectivity index (χ3n) is 4.33. The largest absolute Gasteiger partial charge is 0.462 e. The van der Waals surface area contributed by atoms with Gasteiger partial charge in [-0.05, 0) is 50.3 Å². The third kappa shape index (κ3) is 4.39. The topological polar surface area (TPSA) is 89.5 Å². The van der Waals surface area contributed by atoms with Gasteiger partial charge in [0.15, 0.2) is 9.84 Å². The van der Waals surface area contributed by atoms with Gasteiger partial charge in [0.2, 0.25) is 5.91 Å². The summed E-state index contributed by atoms with van der Waals surface area (Å²) in [7, 11) is -3.75. The first-order valence-electron chi connectivity index (χ1n) is 8.81. The number of anilines is 1. The van der Waals surface area contributed by atoms with E-state index in [1.807, 2.05) is 0 Å². The van der Waals surface area contributed by atoms with Crippen molar-refractivity contribution in [3.05, 3.63) is 46.3 Å². The number of carbonyl (C=O) groups excluding carboxylic acids is 2. The number of benzene rings is 1. The van der Waals surface area contributed by atoms with Gasteiger partial charge in [-0.3, -0.25) is 4.79 Å². The molecule has 6 nitrogen and oxygen atoms in total. The molecule has 0 spiro atoms. The summed E-state index contributed by atoms with van der Waals surface area (Å²) in [5.41, 5.74) is 1.30. The molecule has 0 fully saturated rings. The van der Waals surface area contributed by atoms with Crippen LogP contribution in [0.5, 0.6) is 0 Å². The Morgan fingerprint density at radius 1 is 1.15 bits per heavy atom. The fourth-order valence-electron chi connectivity index (χ4n) is 3.12. The first-order chi connectivity index (χ1) is 12.9. The number of carbonyl (C=O) groups is 2. The molecule has 0 aliphatic heterocycles. The molecule has 1 aromatic heterocycles. The van der Waals surface area contributed by atoms with Crippen LogP contribution in [0.3, 0.4) is 0 Å². The van der Waals surface area contributed by atoms with E-state index in [0.29, 0.717) is 10.6 Å². The molecule has 0 radical (unpaired) electrons. The quantitative estimate of drug-likeness (QED) is 0.743. The van der Waals surface area contributed by atoms with Gasteiger partial charge in [-0.2, -0.15) is 0 Å². The maximum atomic E-state index is 12.4. The number of hydrogen-bond acceptors (Lipinski definition) is 6. The molecule has 0 unspecified atom stereocenters. The van der Waals surface area contributed by atoms with E-state index in [1.165, 1.54) is 23.5 Å². The maximum absolute atomic E-state index is 12.4. The van der Waals surface area contributed by atoms with Gasteiger partial charge >= 0.3 is 5.97 Å². The normalized spacial score (nSPS) is 13.7. The van der Waals surface area contributed by atoms with Crippen LogP contribution in [0.1, 0.15) is 40.6 Å². The predicted molar refractivity (Wildman–Crippen MR) is 104 cm³/mol. The highest BCUT2D eigenvalue weighted by molar-refractivity contribution is 7.92. The summed E-state index contributed by atoms with van der Waals surface area (Å²) in [6.45, 7) is 1.96. The number of fused-ring (bicyclic) bond motifs is 1. The van der Waals surface area contributed by atoms with Crippen molar-refractivity contribution < 1.29 is 22.7 Å². The zero-order chi connectivity index (χ0) is 19.4. The van der Waals surface area contributed by atoms with Crippen molar-refractivity contribution in [3.8, 4) is 0 Å². The van der Waals surface area contributed by atoms with Crippen LogP contribution in [0, 0.1) is 0 Å². The molecule has 8 heteroatoms. The van der Waals surface area contributed by atoms with Gasteiger partial charge in [-0.15, -0.1) is 11.3 Å². The van der Waals surface area contributed by atoms with Gasteiger partial charge in [0.1, 0.15) is 10.8 Å². The Balaban J connectivity index is 1.83. The van der Waals surface area contributed by atoms with E-state index < -0.39 is 27.5 Å². The molecule has 1 aromatic carbocycles. The summed E-state index contributed by atoms with van der Waals surface area (Å²) in [5, 5.41) is 3.02. The first kappa shape index (κ1) is 19.6. The molecule has 1 amide bonds. The number of amides is 1. The molecule has 1 N–H and O–H groups in total. The fourth-order valence-corrected chi connectivity index (χ4v) is 5.57. The predicted octanol–water partition coefficient (Wildman–Crippen LogP) is 3.22. The molecule has 0 bridgehead atoms. The Kier molecular flexibility index (Phi) is 5.96. The SMILES string of the molecule is CCOC(=O)c1c(NC(=O)CS(=O)(=O)c2ccccc2)sc2c1CCCC2. The number of rotatable bonds is 6. The standard InChI is InChI=1S/C19H21NO5S2/c1-2-25-19(22)17-14-10-6-7-11-15(14)26-18(17)20-16(21)12-27(23,24)13-8-4-3-5-9-13/h3-5,8-9H,2,6-7,10-12H2,1H3,(H,20,21). The van der Waals surface area contributed by atoms with E-state index in [0.717, 1.165) is 36.1 Å². The van der Waals surface area contributed by atoms with Crippen molar-refractivity contribution >= 4 is 38.1 Å². The van der Waals surface area contributed by atoms with Gasteiger partial charge < -0.3 is 10.1 Å². The molecule has 1 aliphatic rings. The Morgan fingerprint density at radius 3 is 2.56 bits per heavy atom. The molecule has 2 aromatic rings. The van der Waals surface area contributed by atoms with Crippen LogP contribution in [0.2, 0.25) is 0 Å². The van der Waals surface area contributed by atoms with E-state index in [4.69, 9.17) is 4.74 Å². The first-order valence-corrected chi connectivity index (χ1v) is 11.3. The van der Waals surface area contributed by atoms with Crippen LogP contribution < -0.4 is 5.32 Å². The molecule has 1 aliphatic carbocycles. The summed E-state index contributed by atoms with van der Waals surface area (Å²) >= 11 is 1.34. The minimum atomic E-state index is -3.75. The highest BCUT2D eigenvalue weighted by Gasteiger charge is 2.28. The maximum Gasteiger partial charge on any atom is 0.341 e.